The Hall–Kier alpha value is -5.25. The predicted octanol–water partition coefficient (Wildman–Crippen LogP) is 3.97. The number of aldehydes is 1. The Bertz CT molecular complexity index is 1450. The average molecular weight is 512 g/mol. The Labute approximate surface area is 218 Å². The van der Waals surface area contributed by atoms with Crippen molar-refractivity contribution in [1.82, 2.24) is 15.0 Å². The summed E-state index contributed by atoms with van der Waals surface area (Å²) in [5.74, 6) is 0.331. The lowest BCUT2D eigenvalue weighted by Gasteiger charge is -2.10. The molecule has 2 amide bonds. The van der Waals surface area contributed by atoms with E-state index < -0.39 is 0 Å². The number of carbonyl (C=O) groups is 3. The highest BCUT2D eigenvalue weighted by Gasteiger charge is 2.10. The third-order valence-electron chi connectivity index (χ3n) is 5.29. The van der Waals surface area contributed by atoms with Crippen molar-refractivity contribution in [1.29, 1.82) is 0 Å². The Kier molecular flexibility index (Phi) is 8.59. The number of nitrogens with one attached hydrogen (secondary N) is 2. The highest BCUT2D eigenvalue weighted by Crippen LogP contribution is 2.29. The molecule has 0 aliphatic heterocycles. The van der Waals surface area contributed by atoms with E-state index in [9.17, 15) is 14.4 Å². The van der Waals surface area contributed by atoms with Crippen molar-refractivity contribution in [3.63, 3.8) is 0 Å². The molecule has 0 spiro atoms. The molecule has 1 aromatic heterocycles. The van der Waals surface area contributed by atoms with E-state index in [1.807, 2.05) is 18.2 Å². The summed E-state index contributed by atoms with van der Waals surface area (Å²) in [4.78, 5) is 35.7. The highest BCUT2D eigenvalue weighted by molar-refractivity contribution is 6.04. The zero-order valence-corrected chi connectivity index (χ0v) is 20.5. The number of hydrogen-bond donors (Lipinski definition) is 2. The topological polar surface area (TPSA) is 124 Å². The number of para-hydroxylation sites is 2. The number of methoxy groups -OCH3 is 1. The third kappa shape index (κ3) is 7.14. The minimum absolute atomic E-state index is 0.00484. The van der Waals surface area contributed by atoms with Crippen molar-refractivity contribution < 1.29 is 23.9 Å². The summed E-state index contributed by atoms with van der Waals surface area (Å²) in [6, 6.07) is 21.1. The molecule has 0 radical (unpaired) electrons. The third-order valence-corrected chi connectivity index (χ3v) is 5.29. The molecule has 1 heterocycles. The fourth-order valence-electron chi connectivity index (χ4n) is 3.47. The molecule has 4 aromatic rings. The van der Waals surface area contributed by atoms with Gasteiger partial charge in [-0.25, -0.2) is 4.68 Å². The lowest BCUT2D eigenvalue weighted by atomic mass is 10.1. The zero-order valence-electron chi connectivity index (χ0n) is 20.5. The molecule has 0 saturated carbocycles. The highest BCUT2D eigenvalue weighted by atomic mass is 16.5. The second kappa shape index (κ2) is 12.6. The van der Waals surface area contributed by atoms with Crippen molar-refractivity contribution >= 4 is 35.6 Å². The lowest BCUT2D eigenvalue weighted by Crippen LogP contribution is -2.19. The summed E-state index contributed by atoms with van der Waals surface area (Å²) in [5, 5.41) is 13.5. The van der Waals surface area contributed by atoms with Crippen molar-refractivity contribution in [2.45, 2.75) is 13.2 Å². The molecule has 0 fully saturated rings. The number of hydrogen-bond acceptors (Lipinski definition) is 7. The van der Waals surface area contributed by atoms with E-state index in [4.69, 9.17) is 9.47 Å². The van der Waals surface area contributed by atoms with E-state index in [1.54, 1.807) is 66.9 Å². The molecule has 0 bridgehead atoms. The number of benzene rings is 3. The van der Waals surface area contributed by atoms with Crippen LogP contribution in [0, 0.1) is 0 Å². The minimum atomic E-state index is -0.384. The summed E-state index contributed by atoms with van der Waals surface area (Å²) in [5.41, 5.74) is 2.74. The van der Waals surface area contributed by atoms with E-state index in [0.29, 0.717) is 46.0 Å². The van der Waals surface area contributed by atoms with Crippen LogP contribution in [0.2, 0.25) is 0 Å². The molecule has 10 heteroatoms. The molecule has 192 valence electrons. The van der Waals surface area contributed by atoms with Crippen LogP contribution in [0.3, 0.4) is 0 Å². The van der Waals surface area contributed by atoms with Crippen LogP contribution in [0.15, 0.2) is 85.1 Å². The molecule has 38 heavy (non-hydrogen) atoms. The van der Waals surface area contributed by atoms with Crippen molar-refractivity contribution in [2.75, 3.05) is 17.7 Å². The predicted molar refractivity (Wildman–Crippen MR) is 142 cm³/mol. The minimum Gasteiger partial charge on any atom is -0.493 e. The van der Waals surface area contributed by atoms with Crippen LogP contribution in [0.25, 0.3) is 6.08 Å². The molecule has 0 atom stereocenters. The van der Waals surface area contributed by atoms with Crippen molar-refractivity contribution in [3.05, 3.63) is 102 Å². The smallest absolute Gasteiger partial charge is 0.248 e. The van der Waals surface area contributed by atoms with Crippen LogP contribution in [0.4, 0.5) is 11.4 Å². The van der Waals surface area contributed by atoms with E-state index in [1.165, 1.54) is 17.9 Å². The maximum absolute atomic E-state index is 12.3. The zero-order chi connectivity index (χ0) is 26.7. The summed E-state index contributed by atoms with van der Waals surface area (Å²) in [7, 11) is 1.53. The standard InChI is InChI=1S/C28H25N5O5/c1-37-25-13-11-20(12-14-27(35)30-24-10-6-5-7-21(24)18-34)15-26(25)38-19-23-16-33(32-31-23)17-28(36)29-22-8-3-2-4-9-22/h2-16,18H,17,19H2,1H3,(H,29,36)(H,30,35)/b14-12+. The molecule has 0 saturated heterocycles. The maximum atomic E-state index is 12.3. The van der Waals surface area contributed by atoms with E-state index in [-0.39, 0.29) is 25.0 Å². The van der Waals surface area contributed by atoms with Gasteiger partial charge in [-0.2, -0.15) is 0 Å². The van der Waals surface area contributed by atoms with Gasteiger partial charge in [0.25, 0.3) is 0 Å². The molecule has 2 N–H and O–H groups in total. The monoisotopic (exact) mass is 511 g/mol. The van der Waals surface area contributed by atoms with Gasteiger partial charge in [-0.05, 0) is 48.0 Å². The van der Waals surface area contributed by atoms with Gasteiger partial charge >= 0.3 is 0 Å². The molecular weight excluding hydrogens is 486 g/mol. The van der Waals surface area contributed by atoms with Gasteiger partial charge in [0, 0.05) is 17.3 Å². The first kappa shape index (κ1) is 25.8. The number of nitrogens with zero attached hydrogens (tertiary/aromatic N) is 3. The fourth-order valence-corrected chi connectivity index (χ4v) is 3.47. The number of carbonyl (C=O) groups excluding carboxylic acids is 3. The van der Waals surface area contributed by atoms with Crippen LogP contribution < -0.4 is 20.1 Å². The molecular formula is C28H25N5O5. The van der Waals surface area contributed by atoms with Crippen LogP contribution in [0.5, 0.6) is 11.5 Å². The first-order chi connectivity index (χ1) is 18.5. The Balaban J connectivity index is 1.35. The Morgan fingerprint density at radius 1 is 0.974 bits per heavy atom. The van der Waals surface area contributed by atoms with Crippen LogP contribution in [-0.4, -0.2) is 40.2 Å². The number of aromatic nitrogens is 3. The van der Waals surface area contributed by atoms with E-state index in [0.717, 1.165) is 0 Å². The van der Waals surface area contributed by atoms with Gasteiger partial charge in [0.15, 0.2) is 17.8 Å². The van der Waals surface area contributed by atoms with Crippen molar-refractivity contribution in [3.8, 4) is 11.5 Å². The molecule has 4 rings (SSSR count). The lowest BCUT2D eigenvalue weighted by molar-refractivity contribution is -0.117. The first-order valence-corrected chi connectivity index (χ1v) is 11.6. The van der Waals surface area contributed by atoms with Crippen LogP contribution in [0.1, 0.15) is 21.6 Å². The Morgan fingerprint density at radius 2 is 1.76 bits per heavy atom. The van der Waals surface area contributed by atoms with Gasteiger partial charge in [0.05, 0.1) is 19.0 Å². The van der Waals surface area contributed by atoms with Gasteiger partial charge in [0.1, 0.15) is 18.8 Å². The quantitative estimate of drug-likeness (QED) is 0.231. The largest absolute Gasteiger partial charge is 0.493 e. The van der Waals surface area contributed by atoms with E-state index >= 15 is 0 Å². The molecule has 3 aromatic carbocycles. The molecule has 10 nitrogen and oxygen atoms in total. The molecule has 0 aliphatic rings. The SMILES string of the molecule is COc1ccc(/C=C/C(=O)Nc2ccccc2C=O)cc1OCc1cn(CC(=O)Nc2ccccc2)nn1. The maximum Gasteiger partial charge on any atom is 0.248 e. The Morgan fingerprint density at radius 3 is 2.55 bits per heavy atom. The normalized spacial score (nSPS) is 10.7. The second-order valence-electron chi connectivity index (χ2n) is 8.05. The summed E-state index contributed by atoms with van der Waals surface area (Å²) in [6.07, 6.45) is 5.29. The molecule has 0 unspecified atom stereocenters. The van der Waals surface area contributed by atoms with Gasteiger partial charge in [-0.1, -0.05) is 41.6 Å². The van der Waals surface area contributed by atoms with Gasteiger partial charge in [-0.3, -0.25) is 14.4 Å². The number of anilines is 2. The number of amides is 2. The summed E-state index contributed by atoms with van der Waals surface area (Å²) >= 11 is 0. The molecule has 0 aliphatic carbocycles. The van der Waals surface area contributed by atoms with Gasteiger partial charge in [0.2, 0.25) is 11.8 Å². The summed E-state index contributed by atoms with van der Waals surface area (Å²) < 4.78 is 12.7. The van der Waals surface area contributed by atoms with E-state index in [2.05, 4.69) is 20.9 Å². The van der Waals surface area contributed by atoms with Crippen LogP contribution in [-0.2, 0) is 22.7 Å². The summed E-state index contributed by atoms with van der Waals surface area (Å²) in [6.45, 7) is 0.0949. The average Bonchev–Trinajstić information content (AvgIpc) is 3.38. The first-order valence-electron chi connectivity index (χ1n) is 11.6. The van der Waals surface area contributed by atoms with Crippen LogP contribution >= 0.6 is 0 Å². The number of rotatable bonds is 11. The second-order valence-corrected chi connectivity index (χ2v) is 8.05. The number of ether oxygens (including phenoxy) is 2. The van der Waals surface area contributed by atoms with Gasteiger partial charge in [-0.15, -0.1) is 5.10 Å². The van der Waals surface area contributed by atoms with Crippen molar-refractivity contribution in [2.24, 2.45) is 0 Å². The van der Waals surface area contributed by atoms with Gasteiger partial charge < -0.3 is 20.1 Å². The fraction of sp³-hybridized carbons (Fsp3) is 0.107.